The smallest absolute Gasteiger partial charge is 0.264 e. The van der Waals surface area contributed by atoms with Crippen molar-refractivity contribution in [3.8, 4) is 0 Å². The number of carbonyl (C=O) groups is 2. The molecule has 1 heterocycles. The SMILES string of the molecule is O=C(c1ccccc1)N1C(=O)c2ccccc2C1(O)c1ccccc1. The van der Waals surface area contributed by atoms with Gasteiger partial charge in [0.2, 0.25) is 5.72 Å². The molecule has 4 nitrogen and oxygen atoms in total. The van der Waals surface area contributed by atoms with E-state index in [1.807, 2.05) is 6.07 Å². The van der Waals surface area contributed by atoms with Gasteiger partial charge in [-0.3, -0.25) is 9.59 Å². The number of aliphatic hydroxyl groups is 1. The molecule has 0 fully saturated rings. The molecule has 3 aromatic rings. The van der Waals surface area contributed by atoms with E-state index in [0.29, 0.717) is 22.3 Å². The van der Waals surface area contributed by atoms with Crippen LogP contribution < -0.4 is 0 Å². The van der Waals surface area contributed by atoms with Gasteiger partial charge in [-0.05, 0) is 18.2 Å². The van der Waals surface area contributed by atoms with Crippen LogP contribution in [0.2, 0.25) is 0 Å². The van der Waals surface area contributed by atoms with Gasteiger partial charge in [0.05, 0.1) is 0 Å². The van der Waals surface area contributed by atoms with Crippen LogP contribution in [0.4, 0.5) is 0 Å². The highest BCUT2D eigenvalue weighted by molar-refractivity contribution is 6.14. The minimum atomic E-state index is -1.83. The Labute approximate surface area is 145 Å². The summed E-state index contributed by atoms with van der Waals surface area (Å²) >= 11 is 0. The van der Waals surface area contributed by atoms with Crippen molar-refractivity contribution in [1.82, 2.24) is 4.90 Å². The molecule has 2 amide bonds. The van der Waals surface area contributed by atoms with Crippen LogP contribution in [0.25, 0.3) is 0 Å². The maximum atomic E-state index is 13.1. The van der Waals surface area contributed by atoms with Crippen LogP contribution in [0.15, 0.2) is 84.9 Å². The summed E-state index contributed by atoms with van der Waals surface area (Å²) in [4.78, 5) is 27.0. The Balaban J connectivity index is 1.94. The molecule has 122 valence electrons. The highest BCUT2D eigenvalue weighted by Crippen LogP contribution is 2.42. The molecular weight excluding hydrogens is 314 g/mol. The molecule has 25 heavy (non-hydrogen) atoms. The predicted molar refractivity (Wildman–Crippen MR) is 92.8 cm³/mol. The van der Waals surface area contributed by atoms with Crippen LogP contribution >= 0.6 is 0 Å². The zero-order valence-corrected chi connectivity index (χ0v) is 13.3. The lowest BCUT2D eigenvalue weighted by Gasteiger charge is -2.33. The highest BCUT2D eigenvalue weighted by atomic mass is 16.3. The number of benzene rings is 3. The number of fused-ring (bicyclic) bond motifs is 1. The monoisotopic (exact) mass is 329 g/mol. The third-order valence-electron chi connectivity index (χ3n) is 4.46. The molecule has 4 rings (SSSR count). The number of carbonyl (C=O) groups excluding carboxylic acids is 2. The van der Waals surface area contributed by atoms with E-state index in [1.165, 1.54) is 0 Å². The molecule has 1 unspecified atom stereocenters. The van der Waals surface area contributed by atoms with E-state index in [9.17, 15) is 14.7 Å². The fourth-order valence-corrected chi connectivity index (χ4v) is 3.27. The first-order chi connectivity index (χ1) is 12.1. The number of rotatable bonds is 2. The largest absolute Gasteiger partial charge is 0.363 e. The second-order valence-electron chi connectivity index (χ2n) is 5.90. The number of hydrogen-bond acceptors (Lipinski definition) is 3. The topological polar surface area (TPSA) is 57.6 Å². The maximum Gasteiger partial charge on any atom is 0.264 e. The van der Waals surface area contributed by atoms with E-state index in [0.717, 1.165) is 4.90 Å². The van der Waals surface area contributed by atoms with Crippen LogP contribution in [0.5, 0.6) is 0 Å². The van der Waals surface area contributed by atoms with Crippen LogP contribution in [-0.2, 0) is 5.72 Å². The van der Waals surface area contributed by atoms with Crippen molar-refractivity contribution in [3.05, 3.63) is 107 Å². The summed E-state index contributed by atoms with van der Waals surface area (Å²) in [5, 5.41) is 11.6. The summed E-state index contributed by atoms with van der Waals surface area (Å²) < 4.78 is 0. The third-order valence-corrected chi connectivity index (χ3v) is 4.46. The molecule has 0 aromatic heterocycles. The Morgan fingerprint density at radius 1 is 0.800 bits per heavy atom. The lowest BCUT2D eigenvalue weighted by molar-refractivity contribution is -0.0362. The normalized spacial score (nSPS) is 18.9. The minimum absolute atomic E-state index is 0.332. The molecule has 0 spiro atoms. The third kappa shape index (κ3) is 2.19. The molecule has 0 saturated carbocycles. The Bertz CT molecular complexity index is 953. The van der Waals surface area contributed by atoms with E-state index in [-0.39, 0.29) is 0 Å². The summed E-state index contributed by atoms with van der Waals surface area (Å²) in [5.74, 6) is -1.04. The van der Waals surface area contributed by atoms with E-state index >= 15 is 0 Å². The molecule has 0 saturated heterocycles. The molecule has 0 bridgehead atoms. The van der Waals surface area contributed by atoms with Gasteiger partial charge in [-0.2, -0.15) is 0 Å². The fourth-order valence-electron chi connectivity index (χ4n) is 3.27. The van der Waals surface area contributed by atoms with E-state index in [1.54, 1.807) is 78.9 Å². The first-order valence-electron chi connectivity index (χ1n) is 7.95. The predicted octanol–water partition coefficient (Wildman–Crippen LogP) is 3.18. The van der Waals surface area contributed by atoms with Gasteiger partial charge in [0.25, 0.3) is 11.8 Å². The van der Waals surface area contributed by atoms with Gasteiger partial charge in [0.1, 0.15) is 0 Å². The Kier molecular flexibility index (Phi) is 3.48. The summed E-state index contributed by atoms with van der Waals surface area (Å²) in [6.07, 6.45) is 0. The summed E-state index contributed by atoms with van der Waals surface area (Å²) in [6, 6.07) is 24.0. The molecule has 1 atom stereocenters. The quantitative estimate of drug-likeness (QED) is 0.735. The summed E-state index contributed by atoms with van der Waals surface area (Å²) in [7, 11) is 0. The van der Waals surface area contributed by atoms with Gasteiger partial charge in [-0.15, -0.1) is 0 Å². The molecule has 1 N–H and O–H groups in total. The van der Waals surface area contributed by atoms with Gasteiger partial charge in [-0.25, -0.2) is 4.90 Å². The first-order valence-corrected chi connectivity index (χ1v) is 7.95. The van der Waals surface area contributed by atoms with Crippen LogP contribution in [0, 0.1) is 0 Å². The Morgan fingerprint density at radius 2 is 1.36 bits per heavy atom. The Hall–Kier alpha value is -3.24. The molecule has 0 radical (unpaired) electrons. The molecule has 0 aliphatic carbocycles. The molecule has 4 heteroatoms. The molecule has 1 aliphatic heterocycles. The van der Waals surface area contributed by atoms with Crippen molar-refractivity contribution >= 4 is 11.8 Å². The van der Waals surface area contributed by atoms with Gasteiger partial charge < -0.3 is 5.11 Å². The lowest BCUT2D eigenvalue weighted by Crippen LogP contribution is -2.48. The van der Waals surface area contributed by atoms with Crippen molar-refractivity contribution in [2.75, 3.05) is 0 Å². The van der Waals surface area contributed by atoms with Crippen LogP contribution in [0.1, 0.15) is 31.8 Å². The first kappa shape index (κ1) is 15.3. The van der Waals surface area contributed by atoms with Crippen molar-refractivity contribution in [1.29, 1.82) is 0 Å². The van der Waals surface area contributed by atoms with Crippen molar-refractivity contribution in [2.45, 2.75) is 5.72 Å². The summed E-state index contributed by atoms with van der Waals surface area (Å²) in [6.45, 7) is 0. The number of imide groups is 1. The molecule has 3 aromatic carbocycles. The summed E-state index contributed by atoms with van der Waals surface area (Å²) in [5.41, 5.74) is -0.272. The van der Waals surface area contributed by atoms with E-state index in [4.69, 9.17) is 0 Å². The maximum absolute atomic E-state index is 13.1. The Morgan fingerprint density at radius 3 is 2.04 bits per heavy atom. The molecule has 1 aliphatic rings. The van der Waals surface area contributed by atoms with Crippen molar-refractivity contribution in [3.63, 3.8) is 0 Å². The van der Waals surface area contributed by atoms with Crippen LogP contribution in [0.3, 0.4) is 0 Å². The van der Waals surface area contributed by atoms with Gasteiger partial charge >= 0.3 is 0 Å². The van der Waals surface area contributed by atoms with Gasteiger partial charge in [-0.1, -0.05) is 66.7 Å². The number of hydrogen-bond donors (Lipinski definition) is 1. The zero-order valence-electron chi connectivity index (χ0n) is 13.3. The van der Waals surface area contributed by atoms with E-state index < -0.39 is 17.5 Å². The minimum Gasteiger partial charge on any atom is -0.363 e. The zero-order chi connectivity index (χ0) is 17.4. The number of amides is 2. The standard InChI is InChI=1S/C21H15NO3/c23-19(15-9-3-1-4-10-15)22-20(24)17-13-7-8-14-18(17)21(22,25)16-11-5-2-6-12-16/h1-14,25H. The highest BCUT2D eigenvalue weighted by Gasteiger charge is 2.52. The van der Waals surface area contributed by atoms with Crippen LogP contribution in [-0.4, -0.2) is 21.8 Å². The lowest BCUT2D eigenvalue weighted by atomic mass is 9.93. The second kappa shape index (κ2) is 5.69. The second-order valence-corrected chi connectivity index (χ2v) is 5.90. The van der Waals surface area contributed by atoms with E-state index in [2.05, 4.69) is 0 Å². The fraction of sp³-hybridized carbons (Fsp3) is 0.0476. The average Bonchev–Trinajstić information content (AvgIpc) is 2.91. The average molecular weight is 329 g/mol. The van der Waals surface area contributed by atoms with Gasteiger partial charge in [0, 0.05) is 22.3 Å². The number of nitrogens with zero attached hydrogens (tertiary/aromatic N) is 1. The molecular formula is C21H15NO3. The van der Waals surface area contributed by atoms with Gasteiger partial charge in [0.15, 0.2) is 0 Å². The van der Waals surface area contributed by atoms with Crippen molar-refractivity contribution < 1.29 is 14.7 Å². The van der Waals surface area contributed by atoms with Crippen molar-refractivity contribution in [2.24, 2.45) is 0 Å².